The molecule has 0 saturated heterocycles. The maximum Gasteiger partial charge on any atom is 0.338 e. The van der Waals surface area contributed by atoms with Gasteiger partial charge >= 0.3 is 10.8 Å². The van der Waals surface area contributed by atoms with E-state index in [1.54, 1.807) is 58.5 Å². The highest BCUT2D eigenvalue weighted by molar-refractivity contribution is 7.07. The first-order valence-electron chi connectivity index (χ1n) is 9.32. The molecule has 0 radical (unpaired) electrons. The lowest BCUT2D eigenvalue weighted by Gasteiger charge is -2.14. The van der Waals surface area contributed by atoms with Gasteiger partial charge in [-0.3, -0.25) is 23.9 Å². The summed E-state index contributed by atoms with van der Waals surface area (Å²) in [5, 5.41) is 1.76. The summed E-state index contributed by atoms with van der Waals surface area (Å²) < 4.78 is 6.84. The molecule has 4 rings (SSSR count). The predicted molar refractivity (Wildman–Crippen MR) is 111 cm³/mol. The Bertz CT molecular complexity index is 1170. The van der Waals surface area contributed by atoms with Crippen LogP contribution in [0.4, 0.5) is 0 Å². The van der Waals surface area contributed by atoms with Crippen LogP contribution in [0.3, 0.4) is 0 Å². The number of thiazole rings is 1. The number of aromatic nitrogens is 1. The van der Waals surface area contributed by atoms with E-state index in [9.17, 15) is 19.2 Å². The molecule has 2 heterocycles. The average Bonchev–Trinajstić information content (AvgIpc) is 3.20. The minimum Gasteiger partial charge on any atom is -0.460 e. The molecule has 7 nitrogen and oxygen atoms in total. The van der Waals surface area contributed by atoms with Crippen molar-refractivity contribution in [2.75, 3.05) is 6.61 Å². The highest BCUT2D eigenvalue weighted by Gasteiger charge is 2.35. The van der Waals surface area contributed by atoms with Gasteiger partial charge in [-0.1, -0.05) is 35.6 Å². The minimum atomic E-state index is -0.528. The van der Waals surface area contributed by atoms with Gasteiger partial charge in [-0.2, -0.15) is 0 Å². The molecule has 3 aromatic rings. The summed E-state index contributed by atoms with van der Waals surface area (Å²) in [5.41, 5.74) is 2.56. The normalized spacial score (nSPS) is 12.9. The molecule has 2 amide bonds. The van der Waals surface area contributed by atoms with Crippen molar-refractivity contribution in [3.05, 3.63) is 91.5 Å². The molecule has 1 aliphatic rings. The van der Waals surface area contributed by atoms with Crippen LogP contribution in [0.2, 0.25) is 0 Å². The van der Waals surface area contributed by atoms with Crippen molar-refractivity contribution >= 4 is 29.1 Å². The van der Waals surface area contributed by atoms with Gasteiger partial charge in [-0.15, -0.1) is 0 Å². The van der Waals surface area contributed by atoms with Gasteiger partial charge < -0.3 is 4.74 Å². The van der Waals surface area contributed by atoms with Gasteiger partial charge in [-0.25, -0.2) is 4.79 Å². The number of hydrogen-bond acceptors (Lipinski definition) is 6. The van der Waals surface area contributed by atoms with Crippen molar-refractivity contribution in [1.29, 1.82) is 0 Å². The van der Waals surface area contributed by atoms with Crippen molar-refractivity contribution in [2.45, 2.75) is 20.0 Å². The van der Waals surface area contributed by atoms with Crippen LogP contribution < -0.4 is 4.87 Å². The summed E-state index contributed by atoms with van der Waals surface area (Å²) in [4.78, 5) is 50.2. The number of fused-ring (bicyclic) bond motifs is 1. The Morgan fingerprint density at radius 2 is 1.70 bits per heavy atom. The molecule has 0 atom stereocenters. The van der Waals surface area contributed by atoms with Gasteiger partial charge in [0, 0.05) is 11.1 Å². The van der Waals surface area contributed by atoms with Gasteiger partial charge in [0.1, 0.15) is 6.61 Å². The first-order valence-corrected chi connectivity index (χ1v) is 10.2. The fourth-order valence-corrected chi connectivity index (χ4v) is 4.11. The molecule has 0 N–H and O–H groups in total. The molecule has 0 unspecified atom stereocenters. The quantitative estimate of drug-likeness (QED) is 0.450. The lowest BCUT2D eigenvalue weighted by Crippen LogP contribution is -2.29. The average molecular weight is 422 g/mol. The second kappa shape index (κ2) is 8.08. The monoisotopic (exact) mass is 422 g/mol. The maximum atomic E-state index is 12.5. The molecule has 0 spiro atoms. The Kier molecular flexibility index (Phi) is 5.33. The predicted octanol–water partition coefficient (Wildman–Crippen LogP) is 2.87. The van der Waals surface area contributed by atoms with E-state index in [-0.39, 0.29) is 36.4 Å². The summed E-state index contributed by atoms with van der Waals surface area (Å²) in [7, 11) is 0. The Hall–Kier alpha value is -3.52. The minimum absolute atomic E-state index is 0.0664. The topological polar surface area (TPSA) is 85.7 Å². The Balaban J connectivity index is 1.42. The van der Waals surface area contributed by atoms with Gasteiger partial charge in [0.05, 0.1) is 29.8 Å². The lowest BCUT2D eigenvalue weighted by atomic mass is 10.1. The number of benzene rings is 2. The van der Waals surface area contributed by atoms with E-state index in [0.717, 1.165) is 17.0 Å². The van der Waals surface area contributed by atoms with Crippen molar-refractivity contribution in [3.63, 3.8) is 0 Å². The molecular formula is C22H18N2O5S. The van der Waals surface area contributed by atoms with E-state index in [1.165, 1.54) is 4.90 Å². The van der Waals surface area contributed by atoms with Crippen LogP contribution in [0.25, 0.3) is 0 Å². The Morgan fingerprint density at radius 3 is 2.33 bits per heavy atom. The van der Waals surface area contributed by atoms with Crippen LogP contribution in [0, 0.1) is 6.92 Å². The number of hydrogen-bond donors (Lipinski definition) is 0. The van der Waals surface area contributed by atoms with E-state index in [4.69, 9.17) is 4.74 Å². The van der Waals surface area contributed by atoms with E-state index in [0.29, 0.717) is 22.3 Å². The highest BCUT2D eigenvalue weighted by atomic mass is 32.1. The number of ether oxygens (including phenoxy) is 1. The third-order valence-corrected chi connectivity index (χ3v) is 5.79. The zero-order valence-electron chi connectivity index (χ0n) is 16.2. The van der Waals surface area contributed by atoms with Crippen LogP contribution in [-0.4, -0.2) is 33.9 Å². The molecule has 8 heteroatoms. The van der Waals surface area contributed by atoms with E-state index >= 15 is 0 Å². The fraction of sp³-hybridized carbons (Fsp3) is 0.182. The number of esters is 1. The zero-order valence-corrected chi connectivity index (χ0v) is 17.0. The summed E-state index contributed by atoms with van der Waals surface area (Å²) in [6.07, 6.45) is 0. The third kappa shape index (κ3) is 3.69. The number of amides is 2. The summed E-state index contributed by atoms with van der Waals surface area (Å²) in [6.45, 7) is 2.24. The van der Waals surface area contributed by atoms with E-state index < -0.39 is 5.97 Å². The second-order valence-electron chi connectivity index (χ2n) is 6.87. The molecule has 152 valence electrons. The van der Waals surface area contributed by atoms with Crippen molar-refractivity contribution in [1.82, 2.24) is 9.47 Å². The molecule has 1 aromatic heterocycles. The van der Waals surface area contributed by atoms with E-state index in [2.05, 4.69) is 0 Å². The van der Waals surface area contributed by atoms with Gasteiger partial charge in [0.25, 0.3) is 11.8 Å². The van der Waals surface area contributed by atoms with Crippen LogP contribution in [0.1, 0.15) is 42.3 Å². The smallest absolute Gasteiger partial charge is 0.338 e. The largest absolute Gasteiger partial charge is 0.460 e. The summed E-state index contributed by atoms with van der Waals surface area (Å²) in [6, 6.07) is 13.3. The first kappa shape index (κ1) is 19.8. The Labute approximate surface area is 176 Å². The van der Waals surface area contributed by atoms with Crippen molar-refractivity contribution in [3.8, 4) is 0 Å². The molecule has 1 aliphatic heterocycles. The summed E-state index contributed by atoms with van der Waals surface area (Å²) in [5.74, 6) is -1.22. The lowest BCUT2D eigenvalue weighted by molar-refractivity contribution is 0.0489. The van der Waals surface area contributed by atoms with Crippen LogP contribution in [0.15, 0.2) is 58.7 Å². The number of carbonyl (C=O) groups is 3. The van der Waals surface area contributed by atoms with Gasteiger partial charge in [0.2, 0.25) is 0 Å². The van der Waals surface area contributed by atoms with E-state index in [1.807, 2.05) is 6.92 Å². The van der Waals surface area contributed by atoms with Crippen LogP contribution in [0.5, 0.6) is 0 Å². The van der Waals surface area contributed by atoms with Gasteiger partial charge in [-0.05, 0) is 36.8 Å². The van der Waals surface area contributed by atoms with Crippen molar-refractivity contribution < 1.29 is 19.1 Å². The second-order valence-corrected chi connectivity index (χ2v) is 7.69. The van der Waals surface area contributed by atoms with Crippen LogP contribution >= 0.6 is 11.3 Å². The molecule has 2 aromatic carbocycles. The van der Waals surface area contributed by atoms with Gasteiger partial charge in [0.15, 0.2) is 0 Å². The molecule has 0 fully saturated rings. The third-order valence-electron chi connectivity index (χ3n) is 4.91. The zero-order chi connectivity index (χ0) is 21.3. The number of aryl methyl sites for hydroxylation is 1. The first-order chi connectivity index (χ1) is 14.5. The summed E-state index contributed by atoms with van der Waals surface area (Å²) >= 11 is 1.11. The standard InChI is InChI=1S/C22H18N2O5S/c1-14-13-30-22(28)23(14)9-10-29-21(27)16-6-4-5-15(11-16)12-24-19(25)17-7-2-3-8-18(17)20(24)26/h2-8,11,13H,9-10,12H2,1H3. The highest BCUT2D eigenvalue weighted by Crippen LogP contribution is 2.24. The molecule has 30 heavy (non-hydrogen) atoms. The van der Waals surface area contributed by atoms with Crippen LogP contribution in [-0.2, 0) is 17.8 Å². The fourth-order valence-electron chi connectivity index (χ4n) is 3.35. The Morgan fingerprint density at radius 1 is 1.00 bits per heavy atom. The SMILES string of the molecule is Cc1csc(=O)n1CCOC(=O)c1cccc(CN2C(=O)c3ccccc3C2=O)c1. The van der Waals surface area contributed by atoms with Crippen molar-refractivity contribution in [2.24, 2.45) is 0 Å². The molecule has 0 bridgehead atoms. The molecule has 0 saturated carbocycles. The molecular weight excluding hydrogens is 404 g/mol. The number of rotatable bonds is 6. The maximum absolute atomic E-state index is 12.5. The number of carbonyl (C=O) groups excluding carboxylic acids is 3. The molecule has 0 aliphatic carbocycles. The number of nitrogens with zero attached hydrogens (tertiary/aromatic N) is 2. The number of imide groups is 1.